The molecular weight excluding hydrogens is 300 g/mol. The van der Waals surface area contributed by atoms with Crippen molar-refractivity contribution in [3.05, 3.63) is 29.2 Å². The van der Waals surface area contributed by atoms with Crippen molar-refractivity contribution in [2.75, 3.05) is 38.0 Å². The van der Waals surface area contributed by atoms with E-state index in [0.717, 1.165) is 5.56 Å². The van der Waals surface area contributed by atoms with Crippen molar-refractivity contribution in [1.29, 1.82) is 5.26 Å². The molecule has 0 saturated carbocycles. The van der Waals surface area contributed by atoms with Crippen LogP contribution in [0.4, 0.5) is 5.00 Å². The van der Waals surface area contributed by atoms with Crippen LogP contribution in [0.5, 0.6) is 0 Å². The van der Waals surface area contributed by atoms with E-state index in [1.165, 1.54) is 17.4 Å². The van der Waals surface area contributed by atoms with Crippen LogP contribution in [-0.4, -0.2) is 54.3 Å². The summed E-state index contributed by atoms with van der Waals surface area (Å²) in [7, 11) is 0. The summed E-state index contributed by atoms with van der Waals surface area (Å²) in [5, 5.41) is 14.3. The number of hydrogen-bond donors (Lipinski definition) is 1. The van der Waals surface area contributed by atoms with Gasteiger partial charge in [0.1, 0.15) is 11.1 Å². The van der Waals surface area contributed by atoms with Crippen molar-refractivity contribution in [2.45, 2.75) is 6.92 Å². The zero-order valence-corrected chi connectivity index (χ0v) is 13.3. The summed E-state index contributed by atoms with van der Waals surface area (Å²) in [6.07, 6.45) is 1.31. The van der Waals surface area contributed by atoms with Crippen molar-refractivity contribution >= 4 is 28.2 Å². The molecule has 0 atom stereocenters. The normalized spacial score (nSPS) is 15.2. The summed E-state index contributed by atoms with van der Waals surface area (Å²) in [5.41, 5.74) is 1.40. The molecule has 1 aromatic heterocycles. The minimum Gasteiger partial charge on any atom is -0.337 e. The largest absolute Gasteiger partial charge is 0.337 e. The van der Waals surface area contributed by atoms with Gasteiger partial charge < -0.3 is 10.2 Å². The lowest BCUT2D eigenvalue weighted by Crippen LogP contribution is -2.50. The first-order valence-electron chi connectivity index (χ1n) is 6.97. The van der Waals surface area contributed by atoms with Gasteiger partial charge in [-0.05, 0) is 23.9 Å². The van der Waals surface area contributed by atoms with E-state index in [0.29, 0.717) is 36.7 Å². The SMILES string of the molecule is C=CC(=O)N1CCN(CC(=O)Nc2scc(C)c2C#N)CC1. The Morgan fingerprint density at radius 2 is 2.14 bits per heavy atom. The maximum atomic E-state index is 12.1. The number of aryl methyl sites for hydroxylation is 1. The van der Waals surface area contributed by atoms with Gasteiger partial charge in [0.25, 0.3) is 0 Å². The number of piperazine rings is 1. The van der Waals surface area contributed by atoms with Crippen LogP contribution in [0.15, 0.2) is 18.0 Å². The van der Waals surface area contributed by atoms with Gasteiger partial charge in [-0.3, -0.25) is 14.5 Å². The highest BCUT2D eigenvalue weighted by Crippen LogP contribution is 2.26. The lowest BCUT2D eigenvalue weighted by molar-refractivity contribution is -0.128. The Morgan fingerprint density at radius 3 is 2.73 bits per heavy atom. The van der Waals surface area contributed by atoms with Crippen LogP contribution in [0.3, 0.4) is 0 Å². The van der Waals surface area contributed by atoms with Crippen LogP contribution in [-0.2, 0) is 9.59 Å². The van der Waals surface area contributed by atoms with Gasteiger partial charge >= 0.3 is 0 Å². The summed E-state index contributed by atoms with van der Waals surface area (Å²) < 4.78 is 0. The minimum atomic E-state index is -0.137. The van der Waals surface area contributed by atoms with Crippen molar-refractivity contribution < 1.29 is 9.59 Å². The average Bonchev–Trinajstić information content (AvgIpc) is 2.86. The number of carbonyl (C=O) groups excluding carboxylic acids is 2. The quantitative estimate of drug-likeness (QED) is 0.846. The number of nitriles is 1. The molecule has 0 radical (unpaired) electrons. The highest BCUT2D eigenvalue weighted by atomic mass is 32.1. The maximum absolute atomic E-state index is 12.1. The number of amides is 2. The number of rotatable bonds is 4. The second-order valence-electron chi connectivity index (χ2n) is 5.09. The Morgan fingerprint density at radius 1 is 1.45 bits per heavy atom. The molecule has 0 unspecified atom stereocenters. The van der Waals surface area contributed by atoms with Crippen LogP contribution in [0.1, 0.15) is 11.1 Å². The Kier molecular flexibility index (Phi) is 5.31. The Bertz CT molecular complexity index is 624. The monoisotopic (exact) mass is 318 g/mol. The molecule has 0 aromatic carbocycles. The summed E-state index contributed by atoms with van der Waals surface area (Å²) >= 11 is 1.36. The van der Waals surface area contributed by atoms with Crippen LogP contribution in [0, 0.1) is 18.3 Å². The minimum absolute atomic E-state index is 0.0724. The third-order valence-electron chi connectivity index (χ3n) is 3.57. The molecule has 2 heterocycles. The van der Waals surface area contributed by atoms with E-state index in [-0.39, 0.29) is 18.4 Å². The fraction of sp³-hybridized carbons (Fsp3) is 0.400. The molecule has 1 aliphatic rings. The highest BCUT2D eigenvalue weighted by Gasteiger charge is 2.21. The number of nitrogens with one attached hydrogen (secondary N) is 1. The van der Waals surface area contributed by atoms with Crippen molar-refractivity contribution in [3.8, 4) is 6.07 Å². The molecule has 2 amide bonds. The Hall–Kier alpha value is -2.17. The van der Waals surface area contributed by atoms with E-state index < -0.39 is 0 Å². The van der Waals surface area contributed by atoms with E-state index in [1.54, 1.807) is 4.90 Å². The molecule has 2 rings (SSSR count). The van der Waals surface area contributed by atoms with Gasteiger partial charge in [-0.2, -0.15) is 5.26 Å². The summed E-state index contributed by atoms with van der Waals surface area (Å²) in [6, 6.07) is 2.11. The van der Waals surface area contributed by atoms with Crippen molar-refractivity contribution in [3.63, 3.8) is 0 Å². The third kappa shape index (κ3) is 3.72. The van der Waals surface area contributed by atoms with E-state index in [9.17, 15) is 9.59 Å². The first-order chi connectivity index (χ1) is 10.5. The fourth-order valence-corrected chi connectivity index (χ4v) is 3.21. The lowest BCUT2D eigenvalue weighted by Gasteiger charge is -2.33. The molecule has 116 valence electrons. The Labute approximate surface area is 133 Å². The molecule has 0 bridgehead atoms. The first kappa shape index (κ1) is 16.2. The van der Waals surface area contributed by atoms with E-state index in [2.05, 4.69) is 18.0 Å². The third-order valence-corrected chi connectivity index (χ3v) is 4.58. The highest BCUT2D eigenvalue weighted by molar-refractivity contribution is 7.14. The molecule has 1 fully saturated rings. The predicted octanol–water partition coefficient (Wildman–Crippen LogP) is 1.20. The Balaban J connectivity index is 1.85. The molecule has 7 heteroatoms. The van der Waals surface area contributed by atoms with E-state index in [4.69, 9.17) is 5.26 Å². The number of hydrogen-bond acceptors (Lipinski definition) is 5. The molecule has 1 aliphatic heterocycles. The van der Waals surface area contributed by atoms with Crippen LogP contribution in [0.25, 0.3) is 0 Å². The fourth-order valence-electron chi connectivity index (χ4n) is 2.30. The van der Waals surface area contributed by atoms with Crippen molar-refractivity contribution in [1.82, 2.24) is 9.80 Å². The smallest absolute Gasteiger partial charge is 0.246 e. The molecule has 0 aliphatic carbocycles. The van der Waals surface area contributed by atoms with Crippen LogP contribution in [0.2, 0.25) is 0 Å². The van der Waals surface area contributed by atoms with Gasteiger partial charge in [-0.25, -0.2) is 0 Å². The molecule has 1 aromatic rings. The second kappa shape index (κ2) is 7.20. The standard InChI is InChI=1S/C15H18N4O2S/c1-3-14(21)19-6-4-18(5-7-19)9-13(20)17-15-12(8-16)11(2)10-22-15/h3,10H,1,4-7,9H2,2H3,(H,17,20). The zero-order valence-electron chi connectivity index (χ0n) is 12.5. The van der Waals surface area contributed by atoms with Gasteiger partial charge in [0, 0.05) is 26.2 Å². The topological polar surface area (TPSA) is 76.4 Å². The van der Waals surface area contributed by atoms with Crippen LogP contribution >= 0.6 is 11.3 Å². The van der Waals surface area contributed by atoms with Gasteiger partial charge in [-0.1, -0.05) is 6.58 Å². The summed E-state index contributed by atoms with van der Waals surface area (Å²) in [4.78, 5) is 27.3. The predicted molar refractivity (Wildman–Crippen MR) is 85.6 cm³/mol. The molecule has 0 spiro atoms. The number of anilines is 1. The van der Waals surface area contributed by atoms with E-state index in [1.807, 2.05) is 17.2 Å². The average molecular weight is 318 g/mol. The van der Waals surface area contributed by atoms with Gasteiger partial charge in [-0.15, -0.1) is 11.3 Å². The molecule has 22 heavy (non-hydrogen) atoms. The lowest BCUT2D eigenvalue weighted by atomic mass is 10.2. The maximum Gasteiger partial charge on any atom is 0.246 e. The number of thiophene rings is 1. The molecule has 6 nitrogen and oxygen atoms in total. The number of nitrogens with zero attached hydrogens (tertiary/aromatic N) is 3. The zero-order chi connectivity index (χ0) is 16.1. The van der Waals surface area contributed by atoms with Gasteiger partial charge in [0.15, 0.2) is 0 Å². The van der Waals surface area contributed by atoms with Gasteiger partial charge in [0.2, 0.25) is 11.8 Å². The molecule has 1 N–H and O–H groups in total. The summed E-state index contributed by atoms with van der Waals surface area (Å²) in [5.74, 6) is -0.210. The number of carbonyl (C=O) groups is 2. The van der Waals surface area contributed by atoms with Gasteiger partial charge in [0.05, 0.1) is 12.1 Å². The summed E-state index contributed by atoms with van der Waals surface area (Å²) in [6.45, 7) is 8.09. The van der Waals surface area contributed by atoms with Crippen molar-refractivity contribution in [2.24, 2.45) is 0 Å². The van der Waals surface area contributed by atoms with E-state index >= 15 is 0 Å². The molecular formula is C15H18N4O2S. The second-order valence-corrected chi connectivity index (χ2v) is 5.97. The van der Waals surface area contributed by atoms with Crippen LogP contribution < -0.4 is 5.32 Å². The molecule has 1 saturated heterocycles. The first-order valence-corrected chi connectivity index (χ1v) is 7.85.